The van der Waals surface area contributed by atoms with Crippen molar-refractivity contribution in [1.29, 1.82) is 0 Å². The number of nitrogens with one attached hydrogen (secondary N) is 1. The number of nitrogens with zero attached hydrogens (tertiary/aromatic N) is 2. The second kappa shape index (κ2) is 5.01. The van der Waals surface area contributed by atoms with Gasteiger partial charge in [0.05, 0.1) is 6.04 Å². The van der Waals surface area contributed by atoms with E-state index in [-0.39, 0.29) is 11.9 Å². The van der Waals surface area contributed by atoms with Crippen LogP contribution in [0.2, 0.25) is 0 Å². The minimum atomic E-state index is -0.0446. The maximum atomic E-state index is 8.62. The molecule has 2 aliphatic rings. The van der Waals surface area contributed by atoms with E-state index in [0.717, 1.165) is 0 Å². The Bertz CT molecular complexity index is 269. The molecule has 2 fully saturated rings. The predicted octanol–water partition coefficient (Wildman–Crippen LogP) is 0.338. The van der Waals surface area contributed by atoms with E-state index in [0.29, 0.717) is 12.1 Å². The molecule has 0 aromatic heterocycles. The number of rotatable bonds is 3. The van der Waals surface area contributed by atoms with E-state index in [1.54, 1.807) is 0 Å². The highest BCUT2D eigenvalue weighted by Crippen LogP contribution is 2.27. The third-order valence-corrected chi connectivity index (χ3v) is 3.88. The average molecular weight is 226 g/mol. The first kappa shape index (κ1) is 11.7. The van der Waals surface area contributed by atoms with Gasteiger partial charge in [-0.25, -0.2) is 0 Å². The van der Waals surface area contributed by atoms with Crippen LogP contribution in [-0.2, 0) is 0 Å². The molecule has 0 radical (unpaired) electrons. The standard InChI is InChI=1S/C11H22N4O/c1-8(11(12)14-16)13-9-5-7-15-6-3-2-4-10(9)15/h8-10,13,16H,2-7H2,1H3,(H2,12,14). The molecule has 5 heteroatoms. The molecule has 16 heavy (non-hydrogen) atoms. The van der Waals surface area contributed by atoms with Crippen LogP contribution in [0.5, 0.6) is 0 Å². The van der Waals surface area contributed by atoms with Gasteiger partial charge in [0.1, 0.15) is 0 Å². The molecule has 2 aliphatic heterocycles. The lowest BCUT2D eigenvalue weighted by Gasteiger charge is -2.33. The van der Waals surface area contributed by atoms with Gasteiger partial charge in [-0.2, -0.15) is 0 Å². The van der Waals surface area contributed by atoms with Crippen molar-refractivity contribution >= 4 is 5.84 Å². The van der Waals surface area contributed by atoms with Crippen LogP contribution in [0.25, 0.3) is 0 Å². The zero-order valence-electron chi connectivity index (χ0n) is 9.89. The Kier molecular flexibility index (Phi) is 3.66. The van der Waals surface area contributed by atoms with Crippen LogP contribution in [-0.4, -0.2) is 47.2 Å². The Morgan fingerprint density at radius 3 is 3.00 bits per heavy atom. The van der Waals surface area contributed by atoms with Crippen molar-refractivity contribution < 1.29 is 5.21 Å². The predicted molar refractivity (Wildman–Crippen MR) is 63.6 cm³/mol. The van der Waals surface area contributed by atoms with Gasteiger partial charge in [0.2, 0.25) is 0 Å². The molecule has 92 valence electrons. The summed E-state index contributed by atoms with van der Waals surface area (Å²) in [7, 11) is 0. The number of oxime groups is 1. The van der Waals surface area contributed by atoms with Gasteiger partial charge >= 0.3 is 0 Å². The van der Waals surface area contributed by atoms with Gasteiger partial charge in [0.25, 0.3) is 0 Å². The maximum Gasteiger partial charge on any atom is 0.156 e. The molecule has 0 saturated carbocycles. The first-order chi connectivity index (χ1) is 7.72. The van der Waals surface area contributed by atoms with E-state index in [1.807, 2.05) is 6.92 Å². The van der Waals surface area contributed by atoms with Gasteiger partial charge in [-0.05, 0) is 32.7 Å². The maximum absolute atomic E-state index is 8.62. The summed E-state index contributed by atoms with van der Waals surface area (Å²) in [6.45, 7) is 4.37. The molecule has 3 unspecified atom stereocenters. The van der Waals surface area contributed by atoms with Gasteiger partial charge in [0, 0.05) is 18.6 Å². The summed E-state index contributed by atoms with van der Waals surface area (Å²) in [5.74, 6) is 0.272. The Morgan fingerprint density at radius 1 is 1.44 bits per heavy atom. The summed E-state index contributed by atoms with van der Waals surface area (Å²) in [6, 6.07) is 1.11. The van der Waals surface area contributed by atoms with Crippen molar-refractivity contribution in [3.8, 4) is 0 Å². The lowest BCUT2D eigenvalue weighted by Crippen LogP contribution is -2.51. The van der Waals surface area contributed by atoms with E-state index < -0.39 is 0 Å². The summed E-state index contributed by atoms with van der Waals surface area (Å²) < 4.78 is 0. The molecule has 2 saturated heterocycles. The first-order valence-electron chi connectivity index (χ1n) is 6.20. The van der Waals surface area contributed by atoms with Crippen LogP contribution >= 0.6 is 0 Å². The molecule has 0 aliphatic carbocycles. The largest absolute Gasteiger partial charge is 0.409 e. The van der Waals surface area contributed by atoms with E-state index in [1.165, 1.54) is 38.8 Å². The van der Waals surface area contributed by atoms with Crippen molar-refractivity contribution in [2.45, 2.75) is 50.7 Å². The fraction of sp³-hybridized carbons (Fsp3) is 0.909. The molecule has 0 bridgehead atoms. The highest BCUT2D eigenvalue weighted by atomic mass is 16.4. The lowest BCUT2D eigenvalue weighted by atomic mass is 9.98. The Labute approximate surface area is 96.7 Å². The van der Waals surface area contributed by atoms with Crippen molar-refractivity contribution in [3.63, 3.8) is 0 Å². The molecule has 5 nitrogen and oxygen atoms in total. The van der Waals surface area contributed by atoms with Crippen LogP contribution in [0.3, 0.4) is 0 Å². The van der Waals surface area contributed by atoms with Gasteiger partial charge in [-0.3, -0.25) is 4.90 Å². The average Bonchev–Trinajstić information content (AvgIpc) is 2.72. The summed E-state index contributed by atoms with van der Waals surface area (Å²) in [6.07, 6.45) is 5.12. The number of amidine groups is 1. The Hall–Kier alpha value is -0.810. The van der Waals surface area contributed by atoms with Crippen LogP contribution in [0.15, 0.2) is 5.16 Å². The third kappa shape index (κ3) is 2.30. The second-order valence-electron chi connectivity index (χ2n) is 4.91. The molecular formula is C11H22N4O. The van der Waals surface area contributed by atoms with E-state index in [9.17, 15) is 0 Å². The molecule has 2 rings (SSSR count). The van der Waals surface area contributed by atoms with Crippen LogP contribution in [0.4, 0.5) is 0 Å². The zero-order chi connectivity index (χ0) is 11.5. The van der Waals surface area contributed by atoms with E-state index in [4.69, 9.17) is 10.9 Å². The quantitative estimate of drug-likeness (QED) is 0.281. The monoisotopic (exact) mass is 226 g/mol. The van der Waals surface area contributed by atoms with Crippen LogP contribution in [0, 0.1) is 0 Å². The highest BCUT2D eigenvalue weighted by molar-refractivity contribution is 5.84. The fourth-order valence-electron chi connectivity index (χ4n) is 2.93. The minimum absolute atomic E-state index is 0.0446. The molecule has 0 aromatic carbocycles. The van der Waals surface area contributed by atoms with Gasteiger partial charge < -0.3 is 16.3 Å². The second-order valence-corrected chi connectivity index (χ2v) is 4.91. The zero-order valence-corrected chi connectivity index (χ0v) is 9.89. The van der Waals surface area contributed by atoms with Gasteiger partial charge in [-0.15, -0.1) is 0 Å². The van der Waals surface area contributed by atoms with E-state index in [2.05, 4.69) is 15.4 Å². The Morgan fingerprint density at radius 2 is 2.25 bits per heavy atom. The van der Waals surface area contributed by atoms with Crippen molar-refractivity contribution in [2.24, 2.45) is 10.9 Å². The molecule has 3 atom stereocenters. The fourth-order valence-corrected chi connectivity index (χ4v) is 2.93. The SMILES string of the molecule is CC(NC1CCN2CCCCC12)C(N)=NO. The molecule has 0 amide bonds. The molecule has 4 N–H and O–H groups in total. The summed E-state index contributed by atoms with van der Waals surface area (Å²) in [5.41, 5.74) is 5.59. The first-order valence-corrected chi connectivity index (χ1v) is 6.20. The number of fused-ring (bicyclic) bond motifs is 1. The van der Waals surface area contributed by atoms with Crippen LogP contribution in [0.1, 0.15) is 32.6 Å². The van der Waals surface area contributed by atoms with Gasteiger partial charge in [0.15, 0.2) is 5.84 Å². The lowest BCUT2D eigenvalue weighted by molar-refractivity contribution is 0.179. The van der Waals surface area contributed by atoms with Gasteiger partial charge in [-0.1, -0.05) is 11.6 Å². The highest BCUT2D eigenvalue weighted by Gasteiger charge is 2.36. The topological polar surface area (TPSA) is 73.9 Å². The number of piperidine rings is 1. The minimum Gasteiger partial charge on any atom is -0.409 e. The molecule has 0 aromatic rings. The van der Waals surface area contributed by atoms with Crippen LogP contribution < -0.4 is 11.1 Å². The van der Waals surface area contributed by atoms with Crippen molar-refractivity contribution in [3.05, 3.63) is 0 Å². The van der Waals surface area contributed by atoms with Crippen molar-refractivity contribution in [2.75, 3.05) is 13.1 Å². The molecular weight excluding hydrogens is 204 g/mol. The third-order valence-electron chi connectivity index (χ3n) is 3.88. The molecule has 2 heterocycles. The smallest absolute Gasteiger partial charge is 0.156 e. The normalized spacial score (nSPS) is 33.7. The number of nitrogens with two attached hydrogens (primary N) is 1. The number of hydrogen-bond donors (Lipinski definition) is 3. The summed E-state index contributed by atoms with van der Waals surface area (Å²) in [5, 5.41) is 15.1. The summed E-state index contributed by atoms with van der Waals surface area (Å²) in [4.78, 5) is 2.57. The molecule has 0 spiro atoms. The van der Waals surface area contributed by atoms with E-state index >= 15 is 0 Å². The summed E-state index contributed by atoms with van der Waals surface area (Å²) >= 11 is 0. The van der Waals surface area contributed by atoms with Crippen molar-refractivity contribution in [1.82, 2.24) is 10.2 Å². The number of hydrogen-bond acceptors (Lipinski definition) is 4. The Balaban J connectivity index is 1.90.